The molecule has 1 unspecified atom stereocenters. The van der Waals surface area contributed by atoms with Gasteiger partial charge in [0, 0.05) is 19.5 Å². The molecule has 138 valence electrons. The molecule has 4 N–H and O–H groups in total. The summed E-state index contributed by atoms with van der Waals surface area (Å²) in [5, 5.41) is 41.8. The summed E-state index contributed by atoms with van der Waals surface area (Å²) < 4.78 is 0. The zero-order chi connectivity index (χ0) is 18.1. The van der Waals surface area contributed by atoms with Crippen molar-refractivity contribution in [3.8, 4) is 6.07 Å². The van der Waals surface area contributed by atoms with Crippen molar-refractivity contribution in [3.05, 3.63) is 35.9 Å². The van der Waals surface area contributed by atoms with Crippen molar-refractivity contribution in [3.63, 3.8) is 0 Å². The van der Waals surface area contributed by atoms with E-state index in [9.17, 15) is 15.3 Å². The molecular weight excluding hydrogens is 318 g/mol. The molecule has 0 saturated carbocycles. The van der Waals surface area contributed by atoms with Gasteiger partial charge in [-0.2, -0.15) is 5.26 Å². The molecule has 2 aliphatic rings. The van der Waals surface area contributed by atoms with Crippen LogP contribution in [0.25, 0.3) is 0 Å². The Morgan fingerprint density at radius 3 is 2.44 bits per heavy atom. The second kappa shape index (κ2) is 10.5. The molecule has 0 aromatic heterocycles. The van der Waals surface area contributed by atoms with E-state index < -0.39 is 24.4 Å². The van der Waals surface area contributed by atoms with Gasteiger partial charge in [-0.15, -0.1) is 0 Å². The lowest BCUT2D eigenvalue weighted by Crippen LogP contribution is -2.45. The third-order valence-electron chi connectivity index (χ3n) is 4.72. The van der Waals surface area contributed by atoms with Crippen molar-refractivity contribution in [2.75, 3.05) is 19.6 Å². The van der Waals surface area contributed by atoms with E-state index >= 15 is 0 Å². The third-order valence-corrected chi connectivity index (χ3v) is 4.72. The quantitative estimate of drug-likeness (QED) is 0.623. The minimum atomic E-state index is -0.979. The Bertz CT molecular complexity index is 523. The number of hydrogen-bond donors (Lipinski definition) is 4. The topological polar surface area (TPSA) is 99.8 Å². The SMILES string of the molecule is C1CCNC1.N#CCCC(O)[C@H]1[C@@H](O)[C@@H](O)CN1Cc1ccccc1. The van der Waals surface area contributed by atoms with Crippen molar-refractivity contribution >= 4 is 0 Å². The molecule has 6 heteroatoms. The van der Waals surface area contributed by atoms with Gasteiger partial charge < -0.3 is 20.6 Å². The van der Waals surface area contributed by atoms with Crippen LogP contribution in [-0.4, -0.2) is 64.2 Å². The number of aliphatic hydroxyl groups excluding tert-OH is 3. The zero-order valence-corrected chi connectivity index (χ0v) is 14.6. The van der Waals surface area contributed by atoms with E-state index in [2.05, 4.69) is 5.32 Å². The smallest absolute Gasteiger partial charge is 0.0991 e. The fourth-order valence-electron chi connectivity index (χ4n) is 3.38. The van der Waals surface area contributed by atoms with Gasteiger partial charge in [0.1, 0.15) is 0 Å². The number of likely N-dealkylation sites (tertiary alicyclic amines) is 1. The zero-order valence-electron chi connectivity index (χ0n) is 14.6. The predicted octanol–water partition coefficient (Wildman–Crippen LogP) is 0.627. The molecule has 0 spiro atoms. The maximum absolute atomic E-state index is 10.2. The second-order valence-corrected chi connectivity index (χ2v) is 6.68. The summed E-state index contributed by atoms with van der Waals surface area (Å²) in [5.74, 6) is 0. The Morgan fingerprint density at radius 1 is 1.20 bits per heavy atom. The van der Waals surface area contributed by atoms with Gasteiger partial charge in [0.25, 0.3) is 0 Å². The molecule has 6 nitrogen and oxygen atoms in total. The third kappa shape index (κ3) is 6.07. The molecule has 0 aliphatic carbocycles. The van der Waals surface area contributed by atoms with Crippen LogP contribution < -0.4 is 5.32 Å². The second-order valence-electron chi connectivity index (χ2n) is 6.68. The maximum Gasteiger partial charge on any atom is 0.0991 e. The molecule has 2 heterocycles. The summed E-state index contributed by atoms with van der Waals surface area (Å²) in [6, 6.07) is 11.2. The van der Waals surface area contributed by atoms with Gasteiger partial charge in [-0.25, -0.2) is 0 Å². The van der Waals surface area contributed by atoms with Crippen LogP contribution in [0, 0.1) is 11.3 Å². The first-order valence-corrected chi connectivity index (χ1v) is 9.03. The first kappa shape index (κ1) is 19.8. The van der Waals surface area contributed by atoms with Gasteiger partial charge >= 0.3 is 0 Å². The van der Waals surface area contributed by atoms with E-state index in [1.54, 1.807) is 0 Å². The Balaban J connectivity index is 0.000000386. The van der Waals surface area contributed by atoms with Crippen molar-refractivity contribution in [2.45, 2.75) is 56.6 Å². The molecule has 0 radical (unpaired) electrons. The fourth-order valence-corrected chi connectivity index (χ4v) is 3.38. The number of aliphatic hydroxyl groups is 3. The Kier molecular flexibility index (Phi) is 8.32. The van der Waals surface area contributed by atoms with Gasteiger partial charge in [0.15, 0.2) is 0 Å². The summed E-state index contributed by atoms with van der Waals surface area (Å²) in [6.07, 6.45) is 0.661. The molecular formula is C19H29N3O3. The number of hydrogen-bond acceptors (Lipinski definition) is 6. The van der Waals surface area contributed by atoms with E-state index in [0.29, 0.717) is 19.5 Å². The van der Waals surface area contributed by atoms with Crippen LogP contribution in [0.1, 0.15) is 31.2 Å². The largest absolute Gasteiger partial charge is 0.391 e. The summed E-state index contributed by atoms with van der Waals surface area (Å²) in [4.78, 5) is 1.88. The van der Waals surface area contributed by atoms with Crippen LogP contribution >= 0.6 is 0 Å². The molecule has 2 aliphatic heterocycles. The van der Waals surface area contributed by atoms with Gasteiger partial charge in [-0.05, 0) is 37.9 Å². The maximum atomic E-state index is 10.2. The van der Waals surface area contributed by atoms with Crippen LogP contribution in [0.4, 0.5) is 0 Å². The molecule has 0 amide bonds. The molecule has 2 fully saturated rings. The van der Waals surface area contributed by atoms with Crippen LogP contribution in [0.15, 0.2) is 30.3 Å². The number of nitrogens with one attached hydrogen (secondary N) is 1. The average Bonchev–Trinajstić information content (AvgIpc) is 3.27. The molecule has 4 atom stereocenters. The van der Waals surface area contributed by atoms with E-state index in [-0.39, 0.29) is 6.42 Å². The minimum absolute atomic E-state index is 0.236. The lowest BCUT2D eigenvalue weighted by atomic mass is 10.0. The molecule has 2 saturated heterocycles. The number of nitriles is 1. The van der Waals surface area contributed by atoms with Gasteiger partial charge in [0.2, 0.25) is 0 Å². The Labute approximate surface area is 149 Å². The van der Waals surface area contributed by atoms with E-state index in [1.807, 2.05) is 41.3 Å². The minimum Gasteiger partial charge on any atom is -0.391 e. The standard InChI is InChI=1S/C15H20N2O3.C4H9N/c16-8-4-7-12(18)14-15(20)13(19)10-17(14)9-11-5-2-1-3-6-11;1-2-4-5-3-1/h1-3,5-6,12-15,18-20H,4,7,9-10H2;5H,1-4H2/t12?,13-,14-,15-;/m0./s1. The first-order chi connectivity index (χ1) is 12.1. The molecule has 1 aromatic carbocycles. The number of benzene rings is 1. The van der Waals surface area contributed by atoms with E-state index in [0.717, 1.165) is 5.56 Å². The normalized spacial score (nSPS) is 27.4. The van der Waals surface area contributed by atoms with Crippen LogP contribution in [0.5, 0.6) is 0 Å². The molecule has 0 bridgehead atoms. The van der Waals surface area contributed by atoms with Crippen LogP contribution in [0.3, 0.4) is 0 Å². The summed E-state index contributed by atoms with van der Waals surface area (Å²) in [5.41, 5.74) is 1.06. The fraction of sp³-hybridized carbons (Fsp3) is 0.632. The van der Waals surface area contributed by atoms with Crippen molar-refractivity contribution in [2.24, 2.45) is 0 Å². The molecule has 1 aromatic rings. The van der Waals surface area contributed by atoms with E-state index in [4.69, 9.17) is 5.26 Å². The highest BCUT2D eigenvalue weighted by atomic mass is 16.3. The summed E-state index contributed by atoms with van der Waals surface area (Å²) in [6.45, 7) is 3.38. The van der Waals surface area contributed by atoms with Crippen LogP contribution in [0.2, 0.25) is 0 Å². The highest BCUT2D eigenvalue weighted by molar-refractivity contribution is 5.15. The predicted molar refractivity (Wildman–Crippen MR) is 95.6 cm³/mol. The number of rotatable bonds is 5. The summed E-state index contributed by atoms with van der Waals surface area (Å²) >= 11 is 0. The highest BCUT2D eigenvalue weighted by Gasteiger charge is 2.43. The van der Waals surface area contributed by atoms with E-state index in [1.165, 1.54) is 25.9 Å². The first-order valence-electron chi connectivity index (χ1n) is 9.03. The molecule has 3 rings (SSSR count). The summed E-state index contributed by atoms with van der Waals surface area (Å²) in [7, 11) is 0. The number of β-amino-alcohol motifs (C(OH)–C–C–N with tert-alkyl or cyclic N) is 1. The highest BCUT2D eigenvalue weighted by Crippen LogP contribution is 2.25. The van der Waals surface area contributed by atoms with Crippen molar-refractivity contribution < 1.29 is 15.3 Å². The average molecular weight is 347 g/mol. The van der Waals surface area contributed by atoms with Gasteiger partial charge in [0.05, 0.1) is 30.4 Å². The van der Waals surface area contributed by atoms with Gasteiger partial charge in [-0.3, -0.25) is 4.90 Å². The lowest BCUT2D eigenvalue weighted by Gasteiger charge is -2.29. The monoisotopic (exact) mass is 347 g/mol. The Hall–Kier alpha value is -1.49. The van der Waals surface area contributed by atoms with Crippen molar-refractivity contribution in [1.29, 1.82) is 5.26 Å². The van der Waals surface area contributed by atoms with Gasteiger partial charge in [-0.1, -0.05) is 30.3 Å². The number of nitrogens with zero attached hydrogens (tertiary/aromatic N) is 2. The van der Waals surface area contributed by atoms with Crippen molar-refractivity contribution in [1.82, 2.24) is 10.2 Å². The lowest BCUT2D eigenvalue weighted by molar-refractivity contribution is -0.0144. The van der Waals surface area contributed by atoms with Crippen LogP contribution in [-0.2, 0) is 6.54 Å². The Morgan fingerprint density at radius 2 is 1.88 bits per heavy atom. The molecule has 25 heavy (non-hydrogen) atoms.